The van der Waals surface area contributed by atoms with Crippen LogP contribution < -0.4 is 0 Å². The predicted octanol–water partition coefficient (Wildman–Crippen LogP) is 4.86. The SMILES string of the molecule is Cc1ccc(C(C)(C)C)c2c1Cc1ccccc1-2. The number of hydrogen-bond acceptors (Lipinski definition) is 0. The smallest absolute Gasteiger partial charge is 0.00107 e. The molecule has 0 N–H and O–H groups in total. The zero-order valence-electron chi connectivity index (χ0n) is 11.7. The number of aryl methyl sites for hydroxylation is 1. The van der Waals surface area contributed by atoms with Gasteiger partial charge in [0.05, 0.1) is 0 Å². The minimum Gasteiger partial charge on any atom is -0.0619 e. The minimum absolute atomic E-state index is 0.204. The van der Waals surface area contributed by atoms with Gasteiger partial charge in [0.15, 0.2) is 0 Å². The van der Waals surface area contributed by atoms with Crippen LogP contribution in [0.25, 0.3) is 11.1 Å². The van der Waals surface area contributed by atoms with Gasteiger partial charge in [-0.05, 0) is 52.1 Å². The van der Waals surface area contributed by atoms with Crippen LogP contribution >= 0.6 is 0 Å². The van der Waals surface area contributed by atoms with E-state index in [1.165, 1.54) is 33.4 Å². The lowest BCUT2D eigenvalue weighted by Gasteiger charge is -2.24. The van der Waals surface area contributed by atoms with Gasteiger partial charge in [-0.25, -0.2) is 0 Å². The molecule has 0 amide bonds. The summed E-state index contributed by atoms with van der Waals surface area (Å²) in [4.78, 5) is 0. The van der Waals surface area contributed by atoms with Crippen LogP contribution in [0.2, 0.25) is 0 Å². The molecule has 0 heteroatoms. The average molecular weight is 236 g/mol. The Kier molecular flexibility index (Phi) is 2.38. The van der Waals surface area contributed by atoms with Gasteiger partial charge in [0, 0.05) is 0 Å². The van der Waals surface area contributed by atoms with Gasteiger partial charge in [-0.1, -0.05) is 57.2 Å². The maximum Gasteiger partial charge on any atom is -0.00107 e. The highest BCUT2D eigenvalue weighted by molar-refractivity contribution is 5.81. The summed E-state index contributed by atoms with van der Waals surface area (Å²) in [5, 5.41) is 0. The highest BCUT2D eigenvalue weighted by atomic mass is 14.3. The van der Waals surface area contributed by atoms with E-state index in [1.807, 2.05) is 0 Å². The Balaban J connectivity index is 2.35. The van der Waals surface area contributed by atoms with Crippen LogP contribution in [0.5, 0.6) is 0 Å². The van der Waals surface area contributed by atoms with Crippen LogP contribution in [-0.4, -0.2) is 0 Å². The van der Waals surface area contributed by atoms with Crippen molar-refractivity contribution in [1.29, 1.82) is 0 Å². The molecule has 0 aliphatic heterocycles. The second kappa shape index (κ2) is 3.71. The first-order valence-corrected chi connectivity index (χ1v) is 6.70. The molecule has 0 bridgehead atoms. The number of rotatable bonds is 0. The fraction of sp³-hybridized carbons (Fsp3) is 0.333. The van der Waals surface area contributed by atoms with Gasteiger partial charge in [-0.2, -0.15) is 0 Å². The summed E-state index contributed by atoms with van der Waals surface area (Å²) in [6, 6.07) is 13.4. The van der Waals surface area contributed by atoms with Crippen LogP contribution in [0.3, 0.4) is 0 Å². The molecular weight excluding hydrogens is 216 g/mol. The predicted molar refractivity (Wildman–Crippen MR) is 78.1 cm³/mol. The third kappa shape index (κ3) is 1.59. The molecule has 0 saturated carbocycles. The third-order valence-electron chi connectivity index (χ3n) is 4.01. The highest BCUT2D eigenvalue weighted by Crippen LogP contribution is 2.44. The summed E-state index contributed by atoms with van der Waals surface area (Å²) < 4.78 is 0. The molecular formula is C18H20. The summed E-state index contributed by atoms with van der Waals surface area (Å²) in [6.45, 7) is 9.15. The van der Waals surface area contributed by atoms with Crippen LogP contribution in [0.1, 0.15) is 43.0 Å². The van der Waals surface area contributed by atoms with E-state index in [9.17, 15) is 0 Å². The lowest BCUT2D eigenvalue weighted by Crippen LogP contribution is -2.13. The first-order chi connectivity index (χ1) is 8.48. The Morgan fingerprint density at radius 2 is 1.67 bits per heavy atom. The van der Waals surface area contributed by atoms with Crippen LogP contribution in [-0.2, 0) is 11.8 Å². The van der Waals surface area contributed by atoms with Gasteiger partial charge in [-0.3, -0.25) is 0 Å². The second-order valence-electron chi connectivity index (χ2n) is 6.37. The molecule has 0 nitrogen and oxygen atoms in total. The van der Waals surface area contributed by atoms with Crippen molar-refractivity contribution in [2.24, 2.45) is 0 Å². The molecule has 0 heterocycles. The molecule has 92 valence electrons. The van der Waals surface area contributed by atoms with Crippen molar-refractivity contribution >= 4 is 0 Å². The van der Waals surface area contributed by atoms with Gasteiger partial charge in [0.2, 0.25) is 0 Å². The molecule has 1 aliphatic carbocycles. The van der Waals surface area contributed by atoms with Crippen molar-refractivity contribution in [2.45, 2.75) is 39.5 Å². The average Bonchev–Trinajstić information content (AvgIpc) is 2.68. The molecule has 18 heavy (non-hydrogen) atoms. The van der Waals surface area contributed by atoms with Crippen molar-refractivity contribution in [3.05, 3.63) is 58.7 Å². The monoisotopic (exact) mass is 236 g/mol. The standard InChI is InChI=1S/C18H20/c1-12-9-10-16(18(2,3)4)17-14-8-6-5-7-13(14)11-15(12)17/h5-10H,11H2,1-4H3. The molecule has 1 aliphatic rings. The Bertz CT molecular complexity index is 612. The van der Waals surface area contributed by atoms with E-state index >= 15 is 0 Å². The Hall–Kier alpha value is -1.56. The van der Waals surface area contributed by atoms with E-state index in [2.05, 4.69) is 64.1 Å². The molecule has 0 unspecified atom stereocenters. The quantitative estimate of drug-likeness (QED) is 0.522. The van der Waals surface area contributed by atoms with E-state index in [1.54, 1.807) is 0 Å². The largest absolute Gasteiger partial charge is 0.0619 e. The van der Waals surface area contributed by atoms with Crippen LogP contribution in [0.4, 0.5) is 0 Å². The number of hydrogen-bond donors (Lipinski definition) is 0. The summed E-state index contributed by atoms with van der Waals surface area (Å²) in [6.07, 6.45) is 1.10. The zero-order chi connectivity index (χ0) is 12.9. The Morgan fingerprint density at radius 1 is 0.944 bits per heavy atom. The van der Waals surface area contributed by atoms with E-state index in [0.717, 1.165) is 6.42 Å². The molecule has 2 aromatic rings. The number of fused-ring (bicyclic) bond motifs is 3. The molecule has 0 fully saturated rings. The summed E-state index contributed by atoms with van der Waals surface area (Å²) in [5.41, 5.74) is 9.06. The minimum atomic E-state index is 0.204. The molecule has 0 saturated heterocycles. The Labute approximate surface area is 110 Å². The van der Waals surface area contributed by atoms with Crippen molar-refractivity contribution in [1.82, 2.24) is 0 Å². The van der Waals surface area contributed by atoms with Crippen LogP contribution in [0.15, 0.2) is 36.4 Å². The maximum atomic E-state index is 2.32. The van der Waals surface area contributed by atoms with Crippen molar-refractivity contribution < 1.29 is 0 Å². The molecule has 0 spiro atoms. The van der Waals surface area contributed by atoms with Gasteiger partial charge in [0.1, 0.15) is 0 Å². The molecule has 2 aromatic carbocycles. The van der Waals surface area contributed by atoms with Crippen molar-refractivity contribution in [3.63, 3.8) is 0 Å². The fourth-order valence-corrected chi connectivity index (χ4v) is 3.02. The number of benzene rings is 2. The lowest BCUT2D eigenvalue weighted by molar-refractivity contribution is 0.591. The summed E-state index contributed by atoms with van der Waals surface area (Å²) >= 11 is 0. The van der Waals surface area contributed by atoms with Crippen LogP contribution in [0, 0.1) is 6.92 Å². The van der Waals surface area contributed by atoms with Gasteiger partial charge in [0.25, 0.3) is 0 Å². The van der Waals surface area contributed by atoms with E-state index in [-0.39, 0.29) is 5.41 Å². The van der Waals surface area contributed by atoms with Crippen molar-refractivity contribution in [2.75, 3.05) is 0 Å². The molecule has 3 rings (SSSR count). The van der Waals surface area contributed by atoms with E-state index in [0.29, 0.717) is 0 Å². The first-order valence-electron chi connectivity index (χ1n) is 6.70. The van der Waals surface area contributed by atoms with Gasteiger partial charge in [-0.15, -0.1) is 0 Å². The molecule has 0 aromatic heterocycles. The van der Waals surface area contributed by atoms with Gasteiger partial charge >= 0.3 is 0 Å². The summed E-state index contributed by atoms with van der Waals surface area (Å²) in [5.74, 6) is 0. The summed E-state index contributed by atoms with van der Waals surface area (Å²) in [7, 11) is 0. The van der Waals surface area contributed by atoms with Gasteiger partial charge < -0.3 is 0 Å². The first kappa shape index (κ1) is 11.5. The highest BCUT2D eigenvalue weighted by Gasteiger charge is 2.27. The normalized spacial score (nSPS) is 13.3. The zero-order valence-corrected chi connectivity index (χ0v) is 11.7. The Morgan fingerprint density at radius 3 is 2.39 bits per heavy atom. The van der Waals surface area contributed by atoms with E-state index in [4.69, 9.17) is 0 Å². The third-order valence-corrected chi connectivity index (χ3v) is 4.01. The van der Waals surface area contributed by atoms with E-state index < -0.39 is 0 Å². The molecule has 0 atom stereocenters. The fourth-order valence-electron chi connectivity index (χ4n) is 3.02. The lowest BCUT2D eigenvalue weighted by atomic mass is 9.80. The topological polar surface area (TPSA) is 0 Å². The maximum absolute atomic E-state index is 2.32. The molecule has 0 radical (unpaired) electrons. The van der Waals surface area contributed by atoms with Crippen molar-refractivity contribution in [3.8, 4) is 11.1 Å². The second-order valence-corrected chi connectivity index (χ2v) is 6.37.